The van der Waals surface area contributed by atoms with Crippen molar-refractivity contribution in [2.24, 2.45) is 0 Å². The Morgan fingerprint density at radius 3 is 1.85 bits per heavy atom. The molecule has 39 heavy (non-hydrogen) atoms. The molecule has 0 unspecified atom stereocenters. The molecule has 0 atom stereocenters. The molecule has 3 heterocycles. The lowest BCUT2D eigenvalue weighted by Gasteiger charge is -2.20. The molecule has 0 N–H and O–H groups in total. The number of benzene rings is 4. The van der Waals surface area contributed by atoms with E-state index in [1.807, 2.05) is 60.7 Å². The van der Waals surface area contributed by atoms with Crippen LogP contribution in [0.4, 0.5) is 0 Å². The van der Waals surface area contributed by atoms with E-state index >= 15 is 0 Å². The monoisotopic (exact) mass is 524 g/mol. The number of halogens is 1. The predicted molar refractivity (Wildman–Crippen MR) is 155 cm³/mol. The van der Waals surface area contributed by atoms with Crippen molar-refractivity contribution in [1.29, 1.82) is 0 Å². The third-order valence-corrected chi connectivity index (χ3v) is 6.91. The zero-order valence-corrected chi connectivity index (χ0v) is 21.5. The van der Waals surface area contributed by atoms with Crippen LogP contribution >= 0.6 is 11.6 Å². The van der Waals surface area contributed by atoms with Crippen LogP contribution in [0.25, 0.3) is 44.6 Å². The van der Waals surface area contributed by atoms with Gasteiger partial charge >= 0.3 is 0 Å². The van der Waals surface area contributed by atoms with Crippen molar-refractivity contribution >= 4 is 11.6 Å². The first-order valence-corrected chi connectivity index (χ1v) is 13.0. The van der Waals surface area contributed by atoms with Gasteiger partial charge in [0.2, 0.25) is 0 Å². The molecule has 4 aromatic carbocycles. The van der Waals surface area contributed by atoms with E-state index in [2.05, 4.69) is 64.6 Å². The fraction of sp³-hybridized carbons (Fsp3) is 0. The van der Waals surface area contributed by atoms with E-state index in [9.17, 15) is 0 Å². The number of hydrogen-bond acceptors (Lipinski definition) is 4. The molecule has 0 radical (unpaired) electrons. The highest BCUT2D eigenvalue weighted by molar-refractivity contribution is 6.31. The summed E-state index contributed by atoms with van der Waals surface area (Å²) in [5.74, 6) is 2.41. The standard InChI is InChI=1S/C34H21ClN2O2/c35-29-19-27(18-28(20-29)30-10-1-2-14-36-30)25-9-4-7-23(17-25)22-6-3-8-24(16-22)26-12-13-31-33(21-26)39-34-32(38-31)11-5-15-37-34/h1-21H. The summed E-state index contributed by atoms with van der Waals surface area (Å²) >= 11 is 6.52. The van der Waals surface area contributed by atoms with Crippen molar-refractivity contribution < 1.29 is 9.47 Å². The van der Waals surface area contributed by atoms with Gasteiger partial charge in [-0.3, -0.25) is 4.98 Å². The van der Waals surface area contributed by atoms with Crippen LogP contribution in [-0.4, -0.2) is 9.97 Å². The van der Waals surface area contributed by atoms with Crippen molar-refractivity contribution in [3.63, 3.8) is 0 Å². The Balaban J connectivity index is 1.22. The number of ether oxygens (including phenoxy) is 2. The lowest BCUT2D eigenvalue weighted by Crippen LogP contribution is -2.00. The van der Waals surface area contributed by atoms with Gasteiger partial charge in [0.15, 0.2) is 17.2 Å². The fourth-order valence-electron chi connectivity index (χ4n) is 4.80. The normalized spacial score (nSPS) is 11.6. The molecular weight excluding hydrogens is 504 g/mol. The summed E-state index contributed by atoms with van der Waals surface area (Å²) in [5, 5.41) is 0.678. The van der Waals surface area contributed by atoms with Gasteiger partial charge < -0.3 is 9.47 Å². The van der Waals surface area contributed by atoms with Crippen LogP contribution in [-0.2, 0) is 0 Å². The smallest absolute Gasteiger partial charge is 0.263 e. The van der Waals surface area contributed by atoms with Crippen molar-refractivity contribution in [2.75, 3.05) is 0 Å². The molecule has 1 aliphatic heterocycles. The van der Waals surface area contributed by atoms with Crippen LogP contribution in [0.1, 0.15) is 0 Å². The topological polar surface area (TPSA) is 44.2 Å². The maximum atomic E-state index is 6.52. The maximum Gasteiger partial charge on any atom is 0.263 e. The van der Waals surface area contributed by atoms with Crippen LogP contribution in [0, 0.1) is 0 Å². The van der Waals surface area contributed by atoms with E-state index in [0.717, 1.165) is 44.6 Å². The molecule has 0 saturated heterocycles. The van der Waals surface area contributed by atoms with Gasteiger partial charge in [-0.05, 0) is 100 Å². The molecule has 2 aromatic heterocycles. The molecule has 0 saturated carbocycles. The van der Waals surface area contributed by atoms with Crippen molar-refractivity contribution in [3.05, 3.63) is 133 Å². The Bertz CT molecular complexity index is 1840. The SMILES string of the molecule is Clc1cc(-c2cccc(-c3cccc(-c4ccc5c(c4)Oc4ncccc4O5)c3)c2)cc(-c2ccccn2)c1. The summed E-state index contributed by atoms with van der Waals surface area (Å²) in [6.07, 6.45) is 3.48. The van der Waals surface area contributed by atoms with E-state index in [1.54, 1.807) is 12.4 Å². The number of aromatic nitrogens is 2. The van der Waals surface area contributed by atoms with Crippen molar-refractivity contribution in [2.45, 2.75) is 0 Å². The molecule has 6 aromatic rings. The average molecular weight is 525 g/mol. The molecular formula is C34H21ClN2O2. The van der Waals surface area contributed by atoms with E-state index < -0.39 is 0 Å². The molecule has 7 rings (SSSR count). The lowest BCUT2D eigenvalue weighted by molar-refractivity contribution is 0.348. The van der Waals surface area contributed by atoms with E-state index in [4.69, 9.17) is 21.1 Å². The van der Waals surface area contributed by atoms with Crippen LogP contribution in [0.5, 0.6) is 23.1 Å². The van der Waals surface area contributed by atoms with Crippen LogP contribution in [0.3, 0.4) is 0 Å². The van der Waals surface area contributed by atoms with Gasteiger partial charge in [-0.15, -0.1) is 0 Å². The third-order valence-electron chi connectivity index (χ3n) is 6.69. The molecule has 186 valence electrons. The van der Waals surface area contributed by atoms with Gasteiger partial charge in [-0.25, -0.2) is 4.98 Å². The number of rotatable bonds is 4. The van der Waals surface area contributed by atoms with Crippen LogP contribution < -0.4 is 9.47 Å². The Morgan fingerprint density at radius 1 is 0.436 bits per heavy atom. The largest absolute Gasteiger partial charge is 0.448 e. The van der Waals surface area contributed by atoms with Gasteiger partial charge in [-0.2, -0.15) is 0 Å². The van der Waals surface area contributed by atoms with Crippen molar-refractivity contribution in [3.8, 4) is 67.8 Å². The highest BCUT2D eigenvalue weighted by Gasteiger charge is 2.20. The molecule has 1 aliphatic rings. The first-order chi connectivity index (χ1) is 19.2. The Kier molecular flexibility index (Phi) is 5.80. The van der Waals surface area contributed by atoms with Gasteiger partial charge in [0.1, 0.15) is 0 Å². The summed E-state index contributed by atoms with van der Waals surface area (Å²) < 4.78 is 12.0. The molecule has 0 fully saturated rings. The van der Waals surface area contributed by atoms with E-state index in [-0.39, 0.29) is 0 Å². The highest BCUT2D eigenvalue weighted by Crippen LogP contribution is 2.45. The summed E-state index contributed by atoms with van der Waals surface area (Å²) in [6.45, 7) is 0. The summed E-state index contributed by atoms with van der Waals surface area (Å²) in [4.78, 5) is 8.76. The molecule has 0 amide bonds. The van der Waals surface area contributed by atoms with Crippen molar-refractivity contribution in [1.82, 2.24) is 9.97 Å². The quantitative estimate of drug-likeness (QED) is 0.230. The minimum absolute atomic E-state index is 0.472. The fourth-order valence-corrected chi connectivity index (χ4v) is 5.03. The first-order valence-electron chi connectivity index (χ1n) is 12.6. The zero-order valence-electron chi connectivity index (χ0n) is 20.7. The zero-order chi connectivity index (χ0) is 26.2. The van der Waals surface area contributed by atoms with E-state index in [1.165, 1.54) is 0 Å². The number of hydrogen-bond donors (Lipinski definition) is 0. The molecule has 5 heteroatoms. The molecule has 0 aliphatic carbocycles. The summed E-state index contributed by atoms with van der Waals surface area (Å²) in [7, 11) is 0. The second kappa shape index (κ2) is 9.75. The third kappa shape index (κ3) is 4.63. The molecule has 4 nitrogen and oxygen atoms in total. The molecule has 0 spiro atoms. The Hall–Kier alpha value is -4.93. The number of pyridine rings is 2. The Morgan fingerprint density at radius 2 is 1.10 bits per heavy atom. The highest BCUT2D eigenvalue weighted by atomic mass is 35.5. The Labute approximate surface area is 231 Å². The minimum Gasteiger partial charge on any atom is -0.448 e. The average Bonchev–Trinajstić information content (AvgIpc) is 3.00. The first kappa shape index (κ1) is 23.2. The summed E-state index contributed by atoms with van der Waals surface area (Å²) in [5.41, 5.74) is 8.35. The van der Waals surface area contributed by atoms with Gasteiger partial charge in [0, 0.05) is 23.0 Å². The minimum atomic E-state index is 0.472. The number of nitrogens with zero attached hydrogens (tertiary/aromatic N) is 2. The van der Waals surface area contributed by atoms with Gasteiger partial charge in [0.05, 0.1) is 5.69 Å². The second-order valence-corrected chi connectivity index (χ2v) is 9.71. The maximum absolute atomic E-state index is 6.52. The second-order valence-electron chi connectivity index (χ2n) is 9.28. The molecule has 0 bridgehead atoms. The summed E-state index contributed by atoms with van der Waals surface area (Å²) in [6, 6.07) is 38.6. The number of fused-ring (bicyclic) bond motifs is 2. The van der Waals surface area contributed by atoms with Gasteiger partial charge in [0.25, 0.3) is 5.88 Å². The lowest BCUT2D eigenvalue weighted by atomic mass is 9.95. The predicted octanol–water partition coefficient (Wildman–Crippen LogP) is 9.70. The van der Waals surface area contributed by atoms with Gasteiger partial charge in [-0.1, -0.05) is 60.1 Å². The van der Waals surface area contributed by atoms with Crippen LogP contribution in [0.2, 0.25) is 5.02 Å². The van der Waals surface area contributed by atoms with Crippen LogP contribution in [0.15, 0.2) is 128 Å². The van der Waals surface area contributed by atoms with E-state index in [0.29, 0.717) is 28.2 Å².